The number of aliphatic hydroxyl groups is 1. The Hall–Kier alpha value is -0.760. The molecule has 1 saturated carbocycles. The third kappa shape index (κ3) is 2.01. The zero-order valence-electron chi connectivity index (χ0n) is 11.7. The van der Waals surface area contributed by atoms with Gasteiger partial charge in [-0.3, -0.25) is 0 Å². The molecule has 2 aliphatic rings. The predicted octanol–water partition coefficient (Wildman–Crippen LogP) is 3.75. The summed E-state index contributed by atoms with van der Waals surface area (Å²) in [7, 11) is 0. The maximum absolute atomic E-state index is 10.1. The number of rotatable bonds is 2. The van der Waals surface area contributed by atoms with E-state index in [4.69, 9.17) is 0 Å². The van der Waals surface area contributed by atoms with Crippen LogP contribution in [0.2, 0.25) is 0 Å². The molecule has 0 spiro atoms. The van der Waals surface area contributed by atoms with Crippen LogP contribution in [0.4, 0.5) is 0 Å². The van der Waals surface area contributed by atoms with Gasteiger partial charge < -0.3 is 9.67 Å². The van der Waals surface area contributed by atoms with Gasteiger partial charge >= 0.3 is 0 Å². The van der Waals surface area contributed by atoms with E-state index in [9.17, 15) is 5.11 Å². The van der Waals surface area contributed by atoms with Crippen molar-refractivity contribution in [3.8, 4) is 0 Å². The second kappa shape index (κ2) is 4.41. The molecule has 0 aromatic carbocycles. The van der Waals surface area contributed by atoms with Gasteiger partial charge in [-0.1, -0.05) is 19.8 Å². The van der Waals surface area contributed by atoms with Crippen LogP contribution in [0.3, 0.4) is 0 Å². The fourth-order valence-electron chi connectivity index (χ4n) is 3.93. The van der Waals surface area contributed by atoms with Gasteiger partial charge in [-0.05, 0) is 50.5 Å². The van der Waals surface area contributed by atoms with E-state index in [0.717, 1.165) is 25.8 Å². The van der Waals surface area contributed by atoms with Crippen LogP contribution in [0, 0.1) is 12.3 Å². The molecule has 0 bridgehead atoms. The molecule has 1 N–H and O–H groups in total. The molecular formula is C16H25NO. The molecule has 1 atom stereocenters. The Kier molecular flexibility index (Phi) is 3.01. The van der Waals surface area contributed by atoms with E-state index in [2.05, 4.69) is 24.5 Å². The molecule has 2 nitrogen and oxygen atoms in total. The number of hydrogen-bond donors (Lipinski definition) is 1. The largest absolute Gasteiger partial charge is 0.388 e. The van der Waals surface area contributed by atoms with Crippen molar-refractivity contribution in [3.63, 3.8) is 0 Å². The molecule has 1 aromatic rings. The molecule has 0 amide bonds. The van der Waals surface area contributed by atoms with Crippen molar-refractivity contribution in [2.75, 3.05) is 0 Å². The second-order valence-electron chi connectivity index (χ2n) is 6.70. The fraction of sp³-hybridized carbons (Fsp3) is 0.750. The number of aliphatic hydroxyl groups excluding tert-OH is 1. The van der Waals surface area contributed by atoms with Gasteiger partial charge in [-0.25, -0.2) is 0 Å². The minimum atomic E-state index is -0.218. The van der Waals surface area contributed by atoms with E-state index in [0.29, 0.717) is 5.41 Å². The SMILES string of the molecule is Cc1cc2c(n1CC1(C)CCCC1)CCCC2O. The lowest BCUT2D eigenvalue weighted by Gasteiger charge is -2.28. The van der Waals surface area contributed by atoms with Gasteiger partial charge in [0.15, 0.2) is 0 Å². The van der Waals surface area contributed by atoms with Crippen LogP contribution in [-0.4, -0.2) is 9.67 Å². The van der Waals surface area contributed by atoms with Crippen LogP contribution < -0.4 is 0 Å². The molecule has 1 fully saturated rings. The van der Waals surface area contributed by atoms with Crippen molar-refractivity contribution in [2.24, 2.45) is 5.41 Å². The van der Waals surface area contributed by atoms with E-state index in [1.54, 1.807) is 0 Å². The molecule has 0 saturated heterocycles. The van der Waals surface area contributed by atoms with E-state index in [1.807, 2.05) is 0 Å². The zero-order chi connectivity index (χ0) is 12.8. The van der Waals surface area contributed by atoms with Crippen molar-refractivity contribution >= 4 is 0 Å². The summed E-state index contributed by atoms with van der Waals surface area (Å²) >= 11 is 0. The maximum atomic E-state index is 10.1. The van der Waals surface area contributed by atoms with Crippen LogP contribution in [0.5, 0.6) is 0 Å². The van der Waals surface area contributed by atoms with E-state index in [1.165, 1.54) is 42.6 Å². The van der Waals surface area contributed by atoms with Gasteiger partial charge in [0.05, 0.1) is 6.10 Å². The Morgan fingerprint density at radius 1 is 1.33 bits per heavy atom. The monoisotopic (exact) mass is 247 g/mol. The first-order chi connectivity index (χ1) is 8.59. The maximum Gasteiger partial charge on any atom is 0.0807 e. The van der Waals surface area contributed by atoms with Gasteiger partial charge in [0.2, 0.25) is 0 Å². The predicted molar refractivity (Wildman–Crippen MR) is 73.6 cm³/mol. The summed E-state index contributed by atoms with van der Waals surface area (Å²) in [6.07, 6.45) is 8.51. The zero-order valence-corrected chi connectivity index (χ0v) is 11.7. The highest BCUT2D eigenvalue weighted by atomic mass is 16.3. The molecule has 2 heteroatoms. The van der Waals surface area contributed by atoms with Crippen molar-refractivity contribution in [3.05, 3.63) is 23.0 Å². The Labute approximate surface area is 110 Å². The number of nitrogens with zero attached hydrogens (tertiary/aromatic N) is 1. The standard InChI is InChI=1S/C16H25NO/c1-12-10-13-14(6-5-7-15(13)18)17(12)11-16(2)8-3-4-9-16/h10,15,18H,3-9,11H2,1-2H3. The molecule has 0 aliphatic heterocycles. The summed E-state index contributed by atoms with van der Waals surface area (Å²) in [6.45, 7) is 5.79. The normalized spacial score (nSPS) is 26.3. The summed E-state index contributed by atoms with van der Waals surface area (Å²) in [6, 6.07) is 2.22. The molecule has 1 heterocycles. The fourth-order valence-corrected chi connectivity index (χ4v) is 3.93. The minimum Gasteiger partial charge on any atom is -0.388 e. The minimum absolute atomic E-state index is 0.218. The van der Waals surface area contributed by atoms with Gasteiger partial charge in [0.25, 0.3) is 0 Å². The molecule has 18 heavy (non-hydrogen) atoms. The van der Waals surface area contributed by atoms with Crippen LogP contribution in [-0.2, 0) is 13.0 Å². The van der Waals surface area contributed by atoms with Crippen molar-refractivity contribution in [1.29, 1.82) is 0 Å². The highest BCUT2D eigenvalue weighted by molar-refractivity contribution is 5.32. The molecule has 1 unspecified atom stereocenters. The Bertz CT molecular complexity index is 440. The van der Waals surface area contributed by atoms with Crippen molar-refractivity contribution < 1.29 is 5.11 Å². The van der Waals surface area contributed by atoms with Gasteiger partial charge in [-0.2, -0.15) is 0 Å². The third-order valence-electron chi connectivity index (χ3n) is 5.05. The lowest BCUT2D eigenvalue weighted by molar-refractivity contribution is 0.154. The summed E-state index contributed by atoms with van der Waals surface area (Å²) in [5.41, 5.74) is 4.45. The van der Waals surface area contributed by atoms with Gasteiger partial charge in [-0.15, -0.1) is 0 Å². The molecule has 100 valence electrons. The van der Waals surface area contributed by atoms with Crippen LogP contribution in [0.25, 0.3) is 0 Å². The first-order valence-corrected chi connectivity index (χ1v) is 7.46. The summed E-state index contributed by atoms with van der Waals surface area (Å²) in [5.74, 6) is 0. The van der Waals surface area contributed by atoms with Crippen molar-refractivity contribution in [1.82, 2.24) is 4.57 Å². The number of fused-ring (bicyclic) bond motifs is 1. The Balaban J connectivity index is 1.92. The quantitative estimate of drug-likeness (QED) is 0.846. The highest BCUT2D eigenvalue weighted by Gasteiger charge is 2.31. The number of aryl methyl sites for hydroxylation is 1. The summed E-state index contributed by atoms with van der Waals surface area (Å²) in [5, 5.41) is 10.1. The Morgan fingerprint density at radius 3 is 2.78 bits per heavy atom. The van der Waals surface area contributed by atoms with Crippen molar-refractivity contribution in [2.45, 2.75) is 71.4 Å². The average Bonchev–Trinajstić information content (AvgIpc) is 2.88. The molecule has 2 aliphatic carbocycles. The van der Waals surface area contributed by atoms with E-state index in [-0.39, 0.29) is 6.10 Å². The van der Waals surface area contributed by atoms with E-state index < -0.39 is 0 Å². The van der Waals surface area contributed by atoms with Crippen LogP contribution in [0.15, 0.2) is 6.07 Å². The lowest BCUT2D eigenvalue weighted by Crippen LogP contribution is -2.23. The first-order valence-electron chi connectivity index (χ1n) is 7.46. The van der Waals surface area contributed by atoms with Gasteiger partial charge in [0.1, 0.15) is 0 Å². The molecule has 1 aromatic heterocycles. The lowest BCUT2D eigenvalue weighted by atomic mass is 9.88. The second-order valence-corrected chi connectivity index (χ2v) is 6.70. The van der Waals surface area contributed by atoms with Gasteiger partial charge in [0, 0.05) is 23.5 Å². The molecule has 3 rings (SSSR count). The topological polar surface area (TPSA) is 25.2 Å². The van der Waals surface area contributed by atoms with Crippen LogP contribution >= 0.6 is 0 Å². The Morgan fingerprint density at radius 2 is 2.06 bits per heavy atom. The van der Waals surface area contributed by atoms with Crippen LogP contribution in [0.1, 0.15) is 68.5 Å². The summed E-state index contributed by atoms with van der Waals surface area (Å²) < 4.78 is 2.50. The molecular weight excluding hydrogens is 222 g/mol. The molecule has 0 radical (unpaired) electrons. The number of aromatic nitrogens is 1. The highest BCUT2D eigenvalue weighted by Crippen LogP contribution is 2.41. The number of hydrogen-bond acceptors (Lipinski definition) is 1. The average molecular weight is 247 g/mol. The van der Waals surface area contributed by atoms with E-state index >= 15 is 0 Å². The third-order valence-corrected chi connectivity index (χ3v) is 5.05. The smallest absolute Gasteiger partial charge is 0.0807 e. The first kappa shape index (κ1) is 12.3. The summed E-state index contributed by atoms with van der Waals surface area (Å²) in [4.78, 5) is 0.